The van der Waals surface area contributed by atoms with Crippen LogP contribution in [-0.4, -0.2) is 31.4 Å². The van der Waals surface area contributed by atoms with Crippen molar-refractivity contribution < 1.29 is 4.79 Å². The second-order valence-corrected chi connectivity index (χ2v) is 8.40. The zero-order valence-corrected chi connectivity index (χ0v) is 19.0. The smallest absolute Gasteiger partial charge is 0.234 e. The SMILES string of the molecule is O=C(CSc1nnc(-c2ccncc2)n1-c1ccccc1)Nc1ccccc1-c1ccccc1. The van der Waals surface area contributed by atoms with Crippen molar-refractivity contribution in [2.45, 2.75) is 5.16 Å². The van der Waals surface area contributed by atoms with Crippen LogP contribution in [0, 0.1) is 0 Å². The highest BCUT2D eigenvalue weighted by molar-refractivity contribution is 7.99. The average Bonchev–Trinajstić information content (AvgIpc) is 3.33. The summed E-state index contributed by atoms with van der Waals surface area (Å²) in [5.41, 5.74) is 4.64. The molecule has 0 bridgehead atoms. The molecule has 5 aromatic rings. The van der Waals surface area contributed by atoms with Crippen molar-refractivity contribution in [3.63, 3.8) is 0 Å². The summed E-state index contributed by atoms with van der Waals surface area (Å²) in [4.78, 5) is 17.0. The number of benzene rings is 3. The summed E-state index contributed by atoms with van der Waals surface area (Å²) in [5.74, 6) is 0.789. The third-order valence-corrected chi connectivity index (χ3v) is 6.13. The molecular weight excluding hydrogens is 442 g/mol. The molecule has 0 unspecified atom stereocenters. The van der Waals surface area contributed by atoms with Gasteiger partial charge >= 0.3 is 0 Å². The van der Waals surface area contributed by atoms with Gasteiger partial charge in [0.1, 0.15) is 0 Å². The van der Waals surface area contributed by atoms with Crippen molar-refractivity contribution in [3.05, 3.63) is 109 Å². The molecule has 1 N–H and O–H groups in total. The van der Waals surface area contributed by atoms with Gasteiger partial charge in [-0.25, -0.2) is 0 Å². The Bertz CT molecular complexity index is 1390. The van der Waals surface area contributed by atoms with E-state index in [1.807, 2.05) is 102 Å². The van der Waals surface area contributed by atoms with E-state index in [-0.39, 0.29) is 11.7 Å². The summed E-state index contributed by atoms with van der Waals surface area (Å²) in [6.07, 6.45) is 3.45. The molecule has 0 saturated carbocycles. The number of amides is 1. The second kappa shape index (κ2) is 10.1. The van der Waals surface area contributed by atoms with Gasteiger partial charge in [0.15, 0.2) is 11.0 Å². The number of nitrogens with one attached hydrogen (secondary N) is 1. The molecule has 34 heavy (non-hydrogen) atoms. The Kier molecular flexibility index (Phi) is 6.45. The first-order valence-corrected chi connectivity index (χ1v) is 11.8. The summed E-state index contributed by atoms with van der Waals surface area (Å²) in [6, 6.07) is 31.5. The Labute approximate surface area is 201 Å². The minimum Gasteiger partial charge on any atom is -0.325 e. The fraction of sp³-hybridized carbons (Fsp3) is 0.0370. The highest BCUT2D eigenvalue weighted by Crippen LogP contribution is 2.30. The van der Waals surface area contributed by atoms with Crippen LogP contribution < -0.4 is 5.32 Å². The second-order valence-electron chi connectivity index (χ2n) is 7.46. The van der Waals surface area contributed by atoms with Gasteiger partial charge in [0.05, 0.1) is 5.75 Å². The molecule has 166 valence electrons. The van der Waals surface area contributed by atoms with Gasteiger partial charge in [0, 0.05) is 34.9 Å². The van der Waals surface area contributed by atoms with Crippen molar-refractivity contribution in [1.82, 2.24) is 19.7 Å². The Morgan fingerprint density at radius 3 is 2.21 bits per heavy atom. The van der Waals surface area contributed by atoms with Gasteiger partial charge in [-0.2, -0.15) is 0 Å². The zero-order valence-electron chi connectivity index (χ0n) is 18.2. The number of hydrogen-bond acceptors (Lipinski definition) is 5. The van der Waals surface area contributed by atoms with Crippen molar-refractivity contribution in [2.75, 3.05) is 11.1 Å². The molecule has 0 atom stereocenters. The molecule has 1 amide bonds. The van der Waals surface area contributed by atoms with E-state index >= 15 is 0 Å². The molecule has 0 radical (unpaired) electrons. The molecule has 0 aliphatic carbocycles. The predicted molar refractivity (Wildman–Crippen MR) is 136 cm³/mol. The van der Waals surface area contributed by atoms with Gasteiger partial charge in [-0.15, -0.1) is 10.2 Å². The molecular formula is C27H21N5OS. The maximum Gasteiger partial charge on any atom is 0.234 e. The van der Waals surface area contributed by atoms with Gasteiger partial charge in [0.2, 0.25) is 5.91 Å². The molecule has 5 rings (SSSR count). The molecule has 3 aromatic carbocycles. The lowest BCUT2D eigenvalue weighted by molar-refractivity contribution is -0.113. The van der Waals surface area contributed by atoms with E-state index < -0.39 is 0 Å². The molecule has 7 heteroatoms. The third-order valence-electron chi connectivity index (χ3n) is 5.20. The fourth-order valence-electron chi connectivity index (χ4n) is 3.64. The molecule has 0 aliphatic heterocycles. The van der Waals surface area contributed by atoms with Crippen LogP contribution in [0.5, 0.6) is 0 Å². The molecule has 2 heterocycles. The van der Waals surface area contributed by atoms with Crippen LogP contribution in [0.15, 0.2) is 115 Å². The van der Waals surface area contributed by atoms with Crippen LogP contribution in [0.1, 0.15) is 0 Å². The number of rotatable bonds is 7. The van der Waals surface area contributed by atoms with Crippen molar-refractivity contribution >= 4 is 23.4 Å². The van der Waals surface area contributed by atoms with Crippen molar-refractivity contribution in [2.24, 2.45) is 0 Å². The predicted octanol–water partition coefficient (Wildman–Crippen LogP) is 5.73. The lowest BCUT2D eigenvalue weighted by Gasteiger charge is -2.12. The Morgan fingerprint density at radius 2 is 1.44 bits per heavy atom. The van der Waals surface area contributed by atoms with Gasteiger partial charge in [0.25, 0.3) is 0 Å². The number of hydrogen-bond donors (Lipinski definition) is 1. The number of nitrogens with zero attached hydrogens (tertiary/aromatic N) is 4. The minimum absolute atomic E-state index is 0.110. The fourth-order valence-corrected chi connectivity index (χ4v) is 4.39. The number of pyridine rings is 1. The quantitative estimate of drug-likeness (QED) is 0.312. The molecule has 0 fully saturated rings. The van der Waals surface area contributed by atoms with E-state index in [1.165, 1.54) is 11.8 Å². The van der Waals surface area contributed by atoms with E-state index in [1.54, 1.807) is 12.4 Å². The normalized spacial score (nSPS) is 10.7. The Balaban J connectivity index is 1.37. The first-order valence-electron chi connectivity index (χ1n) is 10.8. The van der Waals surface area contributed by atoms with E-state index in [0.717, 1.165) is 28.1 Å². The molecule has 0 spiro atoms. The summed E-state index contributed by atoms with van der Waals surface area (Å²) < 4.78 is 1.96. The van der Waals surface area contributed by atoms with Crippen LogP contribution >= 0.6 is 11.8 Å². The van der Waals surface area contributed by atoms with Gasteiger partial charge in [-0.3, -0.25) is 14.3 Å². The van der Waals surface area contributed by atoms with Crippen molar-refractivity contribution in [3.8, 4) is 28.2 Å². The summed E-state index contributed by atoms with van der Waals surface area (Å²) >= 11 is 1.35. The van der Waals surface area contributed by atoms with E-state index in [2.05, 4.69) is 20.5 Å². The highest BCUT2D eigenvalue weighted by atomic mass is 32.2. The number of para-hydroxylation sites is 2. The first kappa shape index (κ1) is 21.6. The minimum atomic E-state index is -0.110. The molecule has 2 aromatic heterocycles. The third kappa shape index (κ3) is 4.74. The van der Waals surface area contributed by atoms with Gasteiger partial charge < -0.3 is 5.32 Å². The van der Waals surface area contributed by atoms with Crippen LogP contribution in [0.4, 0.5) is 5.69 Å². The summed E-state index contributed by atoms with van der Waals surface area (Å²) in [6.45, 7) is 0. The number of aromatic nitrogens is 4. The van der Waals surface area contributed by atoms with Crippen LogP contribution in [0.3, 0.4) is 0 Å². The summed E-state index contributed by atoms with van der Waals surface area (Å²) in [7, 11) is 0. The Morgan fingerprint density at radius 1 is 0.765 bits per heavy atom. The largest absolute Gasteiger partial charge is 0.325 e. The lowest BCUT2D eigenvalue weighted by Crippen LogP contribution is -2.15. The number of anilines is 1. The molecule has 0 aliphatic rings. The van der Waals surface area contributed by atoms with Gasteiger partial charge in [-0.05, 0) is 35.9 Å². The van der Waals surface area contributed by atoms with E-state index in [0.29, 0.717) is 11.0 Å². The number of thioether (sulfide) groups is 1. The zero-order chi connectivity index (χ0) is 23.2. The maximum absolute atomic E-state index is 12.9. The van der Waals surface area contributed by atoms with E-state index in [9.17, 15) is 4.79 Å². The van der Waals surface area contributed by atoms with Crippen LogP contribution in [0.25, 0.3) is 28.2 Å². The van der Waals surface area contributed by atoms with Crippen LogP contribution in [0.2, 0.25) is 0 Å². The Hall–Kier alpha value is -4.23. The summed E-state index contributed by atoms with van der Waals surface area (Å²) in [5, 5.41) is 12.5. The average molecular weight is 464 g/mol. The standard InChI is InChI=1S/C27H21N5OS/c33-25(29-24-14-8-7-13-23(24)20-9-3-1-4-10-20)19-34-27-31-30-26(21-15-17-28-18-16-21)32(27)22-11-5-2-6-12-22/h1-18H,19H2,(H,29,33). The van der Waals surface area contributed by atoms with Crippen LogP contribution in [-0.2, 0) is 4.79 Å². The maximum atomic E-state index is 12.9. The number of carbonyl (C=O) groups is 1. The van der Waals surface area contributed by atoms with E-state index in [4.69, 9.17) is 0 Å². The molecule has 6 nitrogen and oxygen atoms in total. The van der Waals surface area contributed by atoms with Gasteiger partial charge in [-0.1, -0.05) is 78.5 Å². The molecule has 0 saturated heterocycles. The topological polar surface area (TPSA) is 72.7 Å². The first-order chi connectivity index (χ1) is 16.8. The van der Waals surface area contributed by atoms with Crippen molar-refractivity contribution in [1.29, 1.82) is 0 Å². The highest BCUT2D eigenvalue weighted by Gasteiger charge is 2.17. The lowest BCUT2D eigenvalue weighted by atomic mass is 10.0. The monoisotopic (exact) mass is 463 g/mol. The number of carbonyl (C=O) groups excluding carboxylic acids is 1.